The standard InChI is InChI=1S/C15H19N5O2S/c1-10(21)18-15-19-13(9-23-15)6-5-11-3-2-4-12(7-11)8-17-14(22)20-16/h2-4,7,9H,5-6,8,16H2,1H3,(H2,17,20,22)(H,18,19,21). The van der Waals surface area contributed by atoms with Crippen LogP contribution in [0.15, 0.2) is 29.6 Å². The van der Waals surface area contributed by atoms with E-state index in [1.807, 2.05) is 35.1 Å². The molecule has 7 nitrogen and oxygen atoms in total. The molecule has 0 saturated heterocycles. The van der Waals surface area contributed by atoms with E-state index in [2.05, 4.69) is 15.6 Å². The number of carbonyl (C=O) groups excluding carboxylic acids is 2. The lowest BCUT2D eigenvalue weighted by atomic mass is 10.1. The zero-order chi connectivity index (χ0) is 16.7. The SMILES string of the molecule is CC(=O)Nc1nc(CCc2cccc(CNC(=O)NN)c2)cs1. The molecule has 0 bridgehead atoms. The molecule has 1 aromatic heterocycles. The van der Waals surface area contributed by atoms with Crippen LogP contribution in [0.1, 0.15) is 23.7 Å². The van der Waals surface area contributed by atoms with Crippen LogP contribution in [-0.2, 0) is 24.2 Å². The molecule has 0 spiro atoms. The quantitative estimate of drug-likeness (QED) is 0.365. The van der Waals surface area contributed by atoms with Crippen molar-refractivity contribution in [1.29, 1.82) is 0 Å². The number of carbonyl (C=O) groups is 2. The molecule has 122 valence electrons. The second kappa shape index (κ2) is 8.25. The van der Waals surface area contributed by atoms with Crippen LogP contribution in [0, 0.1) is 0 Å². The normalized spacial score (nSPS) is 10.2. The summed E-state index contributed by atoms with van der Waals surface area (Å²) >= 11 is 1.42. The molecule has 23 heavy (non-hydrogen) atoms. The monoisotopic (exact) mass is 333 g/mol. The van der Waals surface area contributed by atoms with Crippen molar-refractivity contribution in [1.82, 2.24) is 15.7 Å². The van der Waals surface area contributed by atoms with Gasteiger partial charge in [0.05, 0.1) is 5.69 Å². The predicted molar refractivity (Wildman–Crippen MR) is 89.8 cm³/mol. The van der Waals surface area contributed by atoms with Gasteiger partial charge in [-0.3, -0.25) is 10.2 Å². The third-order valence-electron chi connectivity index (χ3n) is 3.08. The van der Waals surface area contributed by atoms with E-state index in [4.69, 9.17) is 5.84 Å². The van der Waals surface area contributed by atoms with E-state index < -0.39 is 6.03 Å². The first kappa shape index (κ1) is 16.9. The average molecular weight is 333 g/mol. The number of hydrogen-bond donors (Lipinski definition) is 4. The fourth-order valence-electron chi connectivity index (χ4n) is 2.03. The number of rotatable bonds is 6. The number of nitrogens with one attached hydrogen (secondary N) is 3. The molecule has 1 heterocycles. The summed E-state index contributed by atoms with van der Waals surface area (Å²) in [5.74, 6) is 4.90. The fraction of sp³-hybridized carbons (Fsp3) is 0.267. The van der Waals surface area contributed by atoms with Gasteiger partial charge in [0.25, 0.3) is 0 Å². The number of thiazole rings is 1. The maximum atomic E-state index is 11.1. The summed E-state index contributed by atoms with van der Waals surface area (Å²) in [6.45, 7) is 1.88. The Morgan fingerprint density at radius 2 is 2.04 bits per heavy atom. The Morgan fingerprint density at radius 3 is 2.78 bits per heavy atom. The number of aromatic nitrogens is 1. The van der Waals surface area contributed by atoms with Crippen molar-refractivity contribution in [2.24, 2.45) is 5.84 Å². The van der Waals surface area contributed by atoms with Crippen molar-refractivity contribution < 1.29 is 9.59 Å². The van der Waals surface area contributed by atoms with Crippen molar-refractivity contribution in [2.75, 3.05) is 5.32 Å². The minimum absolute atomic E-state index is 0.118. The van der Waals surface area contributed by atoms with Gasteiger partial charge in [-0.1, -0.05) is 24.3 Å². The maximum absolute atomic E-state index is 11.1. The highest BCUT2D eigenvalue weighted by molar-refractivity contribution is 7.13. The third kappa shape index (κ3) is 5.68. The largest absolute Gasteiger partial charge is 0.333 e. The third-order valence-corrected chi connectivity index (χ3v) is 3.89. The number of nitrogens with two attached hydrogens (primary N) is 1. The fourth-order valence-corrected chi connectivity index (χ4v) is 2.82. The Balaban J connectivity index is 1.89. The van der Waals surface area contributed by atoms with Gasteiger partial charge in [-0.25, -0.2) is 15.6 Å². The summed E-state index contributed by atoms with van der Waals surface area (Å²) < 4.78 is 0. The molecular weight excluding hydrogens is 314 g/mol. The van der Waals surface area contributed by atoms with E-state index in [9.17, 15) is 9.59 Å². The van der Waals surface area contributed by atoms with Crippen LogP contribution in [-0.4, -0.2) is 16.9 Å². The van der Waals surface area contributed by atoms with Gasteiger partial charge >= 0.3 is 6.03 Å². The number of hydrazine groups is 1. The number of urea groups is 1. The minimum Gasteiger partial charge on any atom is -0.333 e. The minimum atomic E-state index is -0.414. The summed E-state index contributed by atoms with van der Waals surface area (Å²) in [4.78, 5) is 26.4. The van der Waals surface area contributed by atoms with Gasteiger partial charge in [-0.15, -0.1) is 11.3 Å². The zero-order valence-electron chi connectivity index (χ0n) is 12.8. The van der Waals surface area contributed by atoms with E-state index in [0.29, 0.717) is 11.7 Å². The molecule has 0 aliphatic rings. The first-order chi connectivity index (χ1) is 11.1. The van der Waals surface area contributed by atoms with Crippen molar-refractivity contribution in [2.45, 2.75) is 26.3 Å². The van der Waals surface area contributed by atoms with Gasteiger partial charge < -0.3 is 10.6 Å². The van der Waals surface area contributed by atoms with Crippen molar-refractivity contribution in [3.05, 3.63) is 46.5 Å². The molecule has 8 heteroatoms. The molecule has 0 aliphatic heterocycles. The molecule has 0 unspecified atom stereocenters. The molecule has 0 radical (unpaired) electrons. The van der Waals surface area contributed by atoms with Crippen LogP contribution in [0.25, 0.3) is 0 Å². The molecule has 0 atom stereocenters. The smallest absolute Gasteiger partial charge is 0.329 e. The first-order valence-electron chi connectivity index (χ1n) is 7.11. The lowest BCUT2D eigenvalue weighted by Crippen LogP contribution is -2.39. The van der Waals surface area contributed by atoms with Gasteiger partial charge in [0.2, 0.25) is 5.91 Å². The Kier molecular flexibility index (Phi) is 6.07. The summed E-state index contributed by atoms with van der Waals surface area (Å²) in [5, 5.41) is 7.89. The molecule has 0 aliphatic carbocycles. The first-order valence-corrected chi connectivity index (χ1v) is 7.99. The van der Waals surface area contributed by atoms with Crippen LogP contribution in [0.5, 0.6) is 0 Å². The average Bonchev–Trinajstić information content (AvgIpc) is 2.97. The number of aryl methyl sites for hydroxylation is 2. The Labute approximate surface area is 138 Å². The van der Waals surface area contributed by atoms with Crippen LogP contribution in [0.4, 0.5) is 9.93 Å². The second-order valence-electron chi connectivity index (χ2n) is 4.97. The summed E-state index contributed by atoms with van der Waals surface area (Å²) in [5.41, 5.74) is 5.14. The zero-order valence-corrected chi connectivity index (χ0v) is 13.6. The highest BCUT2D eigenvalue weighted by atomic mass is 32.1. The number of amides is 3. The predicted octanol–water partition coefficient (Wildman–Crippen LogP) is 1.56. The van der Waals surface area contributed by atoms with Gasteiger partial charge in [0, 0.05) is 18.8 Å². The van der Waals surface area contributed by atoms with E-state index in [0.717, 1.165) is 29.7 Å². The van der Waals surface area contributed by atoms with Crippen LogP contribution in [0.3, 0.4) is 0 Å². The van der Waals surface area contributed by atoms with Crippen molar-refractivity contribution in [3.8, 4) is 0 Å². The summed E-state index contributed by atoms with van der Waals surface area (Å²) in [6, 6.07) is 7.56. The van der Waals surface area contributed by atoms with Gasteiger partial charge in [0.15, 0.2) is 5.13 Å². The van der Waals surface area contributed by atoms with Crippen LogP contribution < -0.4 is 21.9 Å². The van der Waals surface area contributed by atoms with Gasteiger partial charge in [0.1, 0.15) is 0 Å². The number of hydrogen-bond acceptors (Lipinski definition) is 5. The molecule has 2 aromatic rings. The Hall–Kier alpha value is -2.45. The molecular formula is C15H19N5O2S. The van der Waals surface area contributed by atoms with E-state index in [-0.39, 0.29) is 5.91 Å². The summed E-state index contributed by atoms with van der Waals surface area (Å²) in [7, 11) is 0. The Bertz CT molecular complexity index is 686. The second-order valence-corrected chi connectivity index (χ2v) is 5.83. The Morgan fingerprint density at radius 1 is 1.26 bits per heavy atom. The van der Waals surface area contributed by atoms with E-state index in [1.54, 1.807) is 0 Å². The highest BCUT2D eigenvalue weighted by Crippen LogP contribution is 2.17. The number of nitrogens with zero attached hydrogens (tertiary/aromatic N) is 1. The molecule has 0 saturated carbocycles. The molecule has 3 amide bonds. The number of anilines is 1. The molecule has 5 N–H and O–H groups in total. The van der Waals surface area contributed by atoms with Crippen LogP contribution >= 0.6 is 11.3 Å². The van der Waals surface area contributed by atoms with Crippen molar-refractivity contribution >= 4 is 28.4 Å². The van der Waals surface area contributed by atoms with Gasteiger partial charge in [-0.05, 0) is 24.0 Å². The molecule has 1 aromatic carbocycles. The lowest BCUT2D eigenvalue weighted by Gasteiger charge is -2.06. The molecule has 0 fully saturated rings. The van der Waals surface area contributed by atoms with Crippen LogP contribution in [0.2, 0.25) is 0 Å². The topological polar surface area (TPSA) is 109 Å². The van der Waals surface area contributed by atoms with E-state index >= 15 is 0 Å². The maximum Gasteiger partial charge on any atom is 0.329 e. The number of benzene rings is 1. The van der Waals surface area contributed by atoms with Gasteiger partial charge in [-0.2, -0.15) is 0 Å². The highest BCUT2D eigenvalue weighted by Gasteiger charge is 2.05. The van der Waals surface area contributed by atoms with Crippen molar-refractivity contribution in [3.63, 3.8) is 0 Å². The summed E-state index contributed by atoms with van der Waals surface area (Å²) in [6.07, 6.45) is 1.62. The lowest BCUT2D eigenvalue weighted by molar-refractivity contribution is -0.114. The molecule has 2 rings (SSSR count). The van der Waals surface area contributed by atoms with E-state index in [1.165, 1.54) is 18.3 Å².